The highest BCUT2D eigenvalue weighted by Crippen LogP contribution is 2.34. The van der Waals surface area contributed by atoms with Crippen LogP contribution in [0.25, 0.3) is 31.5 Å². The molecule has 2 aromatic carbocycles. The predicted molar refractivity (Wildman–Crippen MR) is 95.1 cm³/mol. The van der Waals surface area contributed by atoms with Gasteiger partial charge < -0.3 is 10.2 Å². The van der Waals surface area contributed by atoms with E-state index < -0.39 is 0 Å². The van der Waals surface area contributed by atoms with Crippen molar-refractivity contribution >= 4 is 54.5 Å². The molecule has 0 spiro atoms. The number of fused-ring (bicyclic) bond motifs is 4. The first kappa shape index (κ1) is 13.9. The summed E-state index contributed by atoms with van der Waals surface area (Å²) in [6.07, 6.45) is 0. The standard InChI is InChI=1S/C17H14N4OS/c1-21(2)17(22)18-10-7-8-14-11(9-10)15-16(23-14)20-13-6-4-3-5-12(13)19-15/h3-9H,1-2H3,(H,18,22). The molecule has 1 N–H and O–H groups in total. The van der Waals surface area contributed by atoms with E-state index in [9.17, 15) is 4.79 Å². The van der Waals surface area contributed by atoms with E-state index >= 15 is 0 Å². The molecule has 0 fully saturated rings. The lowest BCUT2D eigenvalue weighted by Crippen LogP contribution is -2.27. The average Bonchev–Trinajstić information content (AvgIpc) is 2.89. The summed E-state index contributed by atoms with van der Waals surface area (Å²) >= 11 is 1.61. The average molecular weight is 322 g/mol. The molecule has 5 nitrogen and oxygen atoms in total. The highest BCUT2D eigenvalue weighted by atomic mass is 32.1. The van der Waals surface area contributed by atoms with Gasteiger partial charge in [0.1, 0.15) is 10.3 Å². The Balaban J connectivity index is 1.90. The number of nitrogens with zero attached hydrogens (tertiary/aromatic N) is 3. The first-order valence-corrected chi connectivity index (χ1v) is 8.01. The molecule has 114 valence electrons. The van der Waals surface area contributed by atoms with E-state index in [0.29, 0.717) is 0 Å². The molecule has 2 heterocycles. The molecular formula is C17H14N4OS. The summed E-state index contributed by atoms with van der Waals surface area (Å²) in [6, 6.07) is 13.6. The topological polar surface area (TPSA) is 58.1 Å². The molecule has 6 heteroatoms. The molecule has 2 amide bonds. The lowest BCUT2D eigenvalue weighted by atomic mass is 10.2. The second kappa shape index (κ2) is 5.17. The molecule has 0 aliphatic rings. The fourth-order valence-corrected chi connectivity index (χ4v) is 3.46. The number of para-hydroxylation sites is 2. The van der Waals surface area contributed by atoms with Crippen molar-refractivity contribution in [3.63, 3.8) is 0 Å². The lowest BCUT2D eigenvalue weighted by molar-refractivity contribution is 0.230. The molecule has 23 heavy (non-hydrogen) atoms. The van der Waals surface area contributed by atoms with Gasteiger partial charge in [0, 0.05) is 29.9 Å². The Hall–Kier alpha value is -2.73. The third-order valence-electron chi connectivity index (χ3n) is 3.64. The van der Waals surface area contributed by atoms with E-state index in [2.05, 4.69) is 5.32 Å². The third kappa shape index (κ3) is 2.37. The molecule has 4 aromatic rings. The summed E-state index contributed by atoms with van der Waals surface area (Å²) in [7, 11) is 3.43. The van der Waals surface area contributed by atoms with Crippen LogP contribution in [0.5, 0.6) is 0 Å². The van der Waals surface area contributed by atoms with Crippen molar-refractivity contribution in [1.29, 1.82) is 0 Å². The Labute approximate surface area is 136 Å². The summed E-state index contributed by atoms with van der Waals surface area (Å²) in [4.78, 5) is 23.7. The Kier molecular flexibility index (Phi) is 3.12. The number of aromatic nitrogens is 2. The van der Waals surface area contributed by atoms with Gasteiger partial charge in [-0.3, -0.25) is 0 Å². The van der Waals surface area contributed by atoms with E-state index in [4.69, 9.17) is 9.97 Å². The number of hydrogen-bond acceptors (Lipinski definition) is 4. The van der Waals surface area contributed by atoms with Gasteiger partial charge in [-0.05, 0) is 30.3 Å². The van der Waals surface area contributed by atoms with Crippen molar-refractivity contribution < 1.29 is 4.79 Å². The lowest BCUT2D eigenvalue weighted by Gasteiger charge is -2.11. The van der Waals surface area contributed by atoms with Crippen LogP contribution in [-0.4, -0.2) is 35.0 Å². The fourth-order valence-electron chi connectivity index (χ4n) is 2.45. The predicted octanol–water partition coefficient (Wildman–Crippen LogP) is 4.09. The number of anilines is 1. The van der Waals surface area contributed by atoms with Crippen LogP contribution in [0.1, 0.15) is 0 Å². The molecule has 0 saturated heterocycles. The number of amides is 2. The number of nitrogens with one attached hydrogen (secondary N) is 1. The Morgan fingerprint density at radius 2 is 1.83 bits per heavy atom. The maximum Gasteiger partial charge on any atom is 0.321 e. The van der Waals surface area contributed by atoms with Gasteiger partial charge in [-0.15, -0.1) is 11.3 Å². The van der Waals surface area contributed by atoms with Crippen molar-refractivity contribution in [3.05, 3.63) is 42.5 Å². The Bertz CT molecular complexity index is 1050. The van der Waals surface area contributed by atoms with E-state index in [1.165, 1.54) is 4.90 Å². The highest BCUT2D eigenvalue weighted by molar-refractivity contribution is 7.25. The van der Waals surface area contributed by atoms with Crippen LogP contribution in [0.2, 0.25) is 0 Å². The van der Waals surface area contributed by atoms with Gasteiger partial charge in [0.05, 0.1) is 11.0 Å². The number of thiophene rings is 1. The minimum atomic E-state index is -0.152. The fraction of sp³-hybridized carbons (Fsp3) is 0.118. The zero-order valence-corrected chi connectivity index (χ0v) is 13.5. The van der Waals surface area contributed by atoms with Crippen LogP contribution in [-0.2, 0) is 0 Å². The Morgan fingerprint density at radius 1 is 1.09 bits per heavy atom. The van der Waals surface area contributed by atoms with Crippen molar-refractivity contribution in [2.45, 2.75) is 0 Å². The minimum Gasteiger partial charge on any atom is -0.331 e. The first-order valence-electron chi connectivity index (χ1n) is 7.19. The summed E-state index contributed by atoms with van der Waals surface area (Å²) in [5.41, 5.74) is 3.41. The highest BCUT2D eigenvalue weighted by Gasteiger charge is 2.11. The first-order chi connectivity index (χ1) is 11.1. The number of urea groups is 1. The van der Waals surface area contributed by atoms with Gasteiger partial charge in [0.2, 0.25) is 0 Å². The van der Waals surface area contributed by atoms with Gasteiger partial charge >= 0.3 is 6.03 Å². The number of hydrogen-bond donors (Lipinski definition) is 1. The molecule has 0 aliphatic carbocycles. The van der Waals surface area contributed by atoms with Gasteiger partial charge in [-0.25, -0.2) is 14.8 Å². The van der Waals surface area contributed by atoms with Crippen LogP contribution in [0.3, 0.4) is 0 Å². The van der Waals surface area contributed by atoms with E-state index in [-0.39, 0.29) is 6.03 Å². The van der Waals surface area contributed by atoms with E-state index in [1.807, 2.05) is 42.5 Å². The molecule has 2 aromatic heterocycles. The van der Waals surface area contributed by atoms with Crippen molar-refractivity contribution in [2.24, 2.45) is 0 Å². The molecular weight excluding hydrogens is 308 g/mol. The number of rotatable bonds is 1. The smallest absolute Gasteiger partial charge is 0.321 e. The molecule has 0 bridgehead atoms. The van der Waals surface area contributed by atoms with Crippen LogP contribution in [0, 0.1) is 0 Å². The number of carbonyl (C=O) groups excluding carboxylic acids is 1. The Morgan fingerprint density at radius 3 is 2.57 bits per heavy atom. The van der Waals surface area contributed by atoms with E-state index in [0.717, 1.165) is 37.2 Å². The van der Waals surface area contributed by atoms with Gasteiger partial charge in [-0.2, -0.15) is 0 Å². The normalized spacial score (nSPS) is 11.2. The van der Waals surface area contributed by atoms with Crippen LogP contribution < -0.4 is 5.32 Å². The third-order valence-corrected chi connectivity index (χ3v) is 4.69. The molecule has 0 atom stereocenters. The zero-order valence-electron chi connectivity index (χ0n) is 12.7. The molecule has 4 rings (SSSR count). The van der Waals surface area contributed by atoms with E-state index in [1.54, 1.807) is 25.4 Å². The molecule has 0 radical (unpaired) electrons. The largest absolute Gasteiger partial charge is 0.331 e. The van der Waals surface area contributed by atoms with Crippen LogP contribution in [0.15, 0.2) is 42.5 Å². The quantitative estimate of drug-likeness (QED) is 0.574. The maximum atomic E-state index is 11.8. The number of carbonyl (C=O) groups is 1. The summed E-state index contributed by atoms with van der Waals surface area (Å²) < 4.78 is 1.11. The van der Waals surface area contributed by atoms with Crippen LogP contribution >= 0.6 is 11.3 Å². The summed E-state index contributed by atoms with van der Waals surface area (Å²) in [6.45, 7) is 0. The number of benzene rings is 2. The van der Waals surface area contributed by atoms with Crippen molar-refractivity contribution in [2.75, 3.05) is 19.4 Å². The molecule has 0 saturated carbocycles. The van der Waals surface area contributed by atoms with Crippen molar-refractivity contribution in [3.8, 4) is 0 Å². The van der Waals surface area contributed by atoms with Gasteiger partial charge in [0.15, 0.2) is 0 Å². The second-order valence-electron chi connectivity index (χ2n) is 5.50. The maximum absolute atomic E-state index is 11.8. The van der Waals surface area contributed by atoms with Crippen LogP contribution in [0.4, 0.5) is 10.5 Å². The van der Waals surface area contributed by atoms with Crippen molar-refractivity contribution in [1.82, 2.24) is 14.9 Å². The second-order valence-corrected chi connectivity index (χ2v) is 6.53. The molecule has 0 unspecified atom stereocenters. The zero-order chi connectivity index (χ0) is 16.0. The monoisotopic (exact) mass is 322 g/mol. The SMILES string of the molecule is CN(C)C(=O)Nc1ccc2sc3nc4ccccc4nc3c2c1. The molecule has 0 aliphatic heterocycles. The minimum absolute atomic E-state index is 0.152. The van der Waals surface area contributed by atoms with Gasteiger partial charge in [0.25, 0.3) is 0 Å². The summed E-state index contributed by atoms with van der Waals surface area (Å²) in [5.74, 6) is 0. The summed E-state index contributed by atoms with van der Waals surface area (Å²) in [5, 5.41) is 3.88. The van der Waals surface area contributed by atoms with Gasteiger partial charge in [-0.1, -0.05) is 12.1 Å².